The number of rotatable bonds is 4. The van der Waals surface area contributed by atoms with Gasteiger partial charge in [0.25, 0.3) is 0 Å². The quantitative estimate of drug-likeness (QED) is 0.585. The van der Waals surface area contributed by atoms with Gasteiger partial charge < -0.3 is 0 Å². The molecule has 0 radical (unpaired) electrons. The van der Waals surface area contributed by atoms with Crippen LogP contribution in [0.3, 0.4) is 0 Å². The van der Waals surface area contributed by atoms with Crippen molar-refractivity contribution < 1.29 is 15.6 Å². The Kier molecular flexibility index (Phi) is 5.29. The molecule has 0 unspecified atom stereocenters. The van der Waals surface area contributed by atoms with E-state index in [-0.39, 0.29) is 0 Å². The van der Waals surface area contributed by atoms with Crippen LogP contribution >= 0.6 is 0 Å². The first-order chi connectivity index (χ1) is 4.52. The van der Waals surface area contributed by atoms with Crippen LogP contribution in [0.4, 0.5) is 0 Å². The summed E-state index contributed by atoms with van der Waals surface area (Å²) in [5.41, 5.74) is 0. The van der Waals surface area contributed by atoms with Crippen LogP contribution in [-0.2, 0) is 15.6 Å². The predicted molar refractivity (Wildman–Crippen MR) is 43.9 cm³/mol. The molecule has 0 heterocycles. The van der Waals surface area contributed by atoms with Crippen molar-refractivity contribution in [3.8, 4) is 0 Å². The van der Waals surface area contributed by atoms with Crippen LogP contribution in [0.1, 0.15) is 40.5 Å². The molecule has 0 N–H and O–H groups in total. The Labute approximate surface area is 72.8 Å². The molecule has 61 valence electrons. The Morgan fingerprint density at radius 1 is 1.00 bits per heavy atom. The summed E-state index contributed by atoms with van der Waals surface area (Å²) >= 11 is 3.60. The van der Waals surface area contributed by atoms with E-state index in [2.05, 4.69) is 43.3 Å². The van der Waals surface area contributed by atoms with Gasteiger partial charge in [0.15, 0.2) is 0 Å². The molecule has 0 fully saturated rings. The van der Waals surface area contributed by atoms with E-state index in [0.29, 0.717) is 0 Å². The Bertz CT molecular complexity index is 91.3. The molecule has 0 saturated carbocycles. The van der Waals surface area contributed by atoms with Gasteiger partial charge in [-0.15, -0.1) is 0 Å². The molecule has 0 aromatic heterocycles. The van der Waals surface area contributed by atoms with Crippen molar-refractivity contribution in [3.05, 3.63) is 0 Å². The second-order valence-corrected chi connectivity index (χ2v) is 4.55. The third-order valence-electron chi connectivity index (χ3n) is 1.26. The average molecular weight is 181 g/mol. The van der Waals surface area contributed by atoms with E-state index in [0.717, 1.165) is 11.8 Å². The topological polar surface area (TPSA) is 0 Å². The van der Waals surface area contributed by atoms with Gasteiger partial charge in [0.2, 0.25) is 0 Å². The van der Waals surface area contributed by atoms with E-state index in [4.69, 9.17) is 0 Å². The zero-order valence-electron chi connectivity index (χ0n) is 7.45. The average Bonchev–Trinajstić information content (AvgIpc) is 1.58. The molecular formula is C9H18Mn. The van der Waals surface area contributed by atoms with Gasteiger partial charge >= 0.3 is 72.4 Å². The second kappa shape index (κ2) is 5.09. The van der Waals surface area contributed by atoms with Crippen molar-refractivity contribution in [2.24, 2.45) is 11.8 Å². The maximum absolute atomic E-state index is 3.60. The van der Waals surface area contributed by atoms with Crippen molar-refractivity contribution in [1.29, 1.82) is 0 Å². The third-order valence-corrected chi connectivity index (χ3v) is 1.74. The summed E-state index contributed by atoms with van der Waals surface area (Å²) in [6.07, 6.45) is 2.44. The Balaban J connectivity index is 3.44. The van der Waals surface area contributed by atoms with Crippen LogP contribution in [0, 0.1) is 11.8 Å². The van der Waals surface area contributed by atoms with Crippen molar-refractivity contribution in [3.63, 3.8) is 0 Å². The molecule has 0 saturated heterocycles. The third kappa shape index (κ3) is 6.51. The normalized spacial score (nSPS) is 11.0. The van der Waals surface area contributed by atoms with E-state index in [1.165, 1.54) is 17.3 Å². The van der Waals surface area contributed by atoms with Crippen LogP contribution in [0.15, 0.2) is 0 Å². The first-order valence-corrected chi connectivity index (χ1v) is 4.61. The first kappa shape index (κ1) is 10.4. The van der Waals surface area contributed by atoms with Gasteiger partial charge in [-0.1, -0.05) is 0 Å². The fraction of sp³-hybridized carbons (Fsp3) is 0.889. The van der Waals surface area contributed by atoms with Gasteiger partial charge in [0, 0.05) is 0 Å². The molecule has 0 aliphatic rings. The van der Waals surface area contributed by atoms with Crippen LogP contribution in [0.2, 0.25) is 0 Å². The van der Waals surface area contributed by atoms with Crippen molar-refractivity contribution in [2.75, 3.05) is 0 Å². The molecule has 0 aromatic carbocycles. The number of hydrogen-bond acceptors (Lipinski definition) is 0. The van der Waals surface area contributed by atoms with Crippen LogP contribution in [0.25, 0.3) is 0 Å². The first-order valence-electron chi connectivity index (χ1n) is 4.02. The molecule has 0 rings (SSSR count). The molecule has 0 amide bonds. The van der Waals surface area contributed by atoms with E-state index in [1.54, 1.807) is 0 Å². The fourth-order valence-corrected chi connectivity index (χ4v) is 1.93. The van der Waals surface area contributed by atoms with Gasteiger partial charge in [-0.25, -0.2) is 0 Å². The standard InChI is InChI=1S/C9H18.Mn/c1-8(2)6-5-7-9(3)4;/h8-9H,6-7H2,1-4H3;. The second-order valence-electron chi connectivity index (χ2n) is 3.71. The zero-order valence-corrected chi connectivity index (χ0v) is 8.63. The molecule has 0 atom stereocenters. The van der Waals surface area contributed by atoms with Crippen molar-refractivity contribution in [1.82, 2.24) is 0 Å². The van der Waals surface area contributed by atoms with Crippen molar-refractivity contribution in [2.45, 2.75) is 40.5 Å². The van der Waals surface area contributed by atoms with Gasteiger partial charge in [0.05, 0.1) is 0 Å². The minimum absolute atomic E-state index is 0.785. The molecule has 0 aliphatic carbocycles. The summed E-state index contributed by atoms with van der Waals surface area (Å²) in [6, 6.07) is 0. The maximum atomic E-state index is 3.60. The minimum atomic E-state index is 0.785. The Morgan fingerprint density at radius 2 is 1.30 bits per heavy atom. The number of hydrogen-bond donors (Lipinski definition) is 0. The monoisotopic (exact) mass is 181 g/mol. The molecule has 1 heteroatoms. The van der Waals surface area contributed by atoms with E-state index in [1.807, 2.05) is 0 Å². The summed E-state index contributed by atoms with van der Waals surface area (Å²) in [7, 11) is 0. The SMILES string of the molecule is CC(C)C[C](=[Mn])CC(C)C. The Morgan fingerprint density at radius 3 is 1.50 bits per heavy atom. The predicted octanol–water partition coefficient (Wildman–Crippen LogP) is 2.80. The van der Waals surface area contributed by atoms with Crippen LogP contribution < -0.4 is 0 Å². The van der Waals surface area contributed by atoms with Crippen molar-refractivity contribution >= 4 is 4.42 Å². The molecule has 0 spiro atoms. The zero-order chi connectivity index (χ0) is 8.15. The summed E-state index contributed by atoms with van der Waals surface area (Å²) in [6.45, 7) is 9.01. The van der Waals surface area contributed by atoms with Gasteiger partial charge in [0.1, 0.15) is 0 Å². The summed E-state index contributed by atoms with van der Waals surface area (Å²) in [4.78, 5) is 0. The molecule has 10 heavy (non-hydrogen) atoms. The summed E-state index contributed by atoms with van der Waals surface area (Å²) in [5, 5.41) is 0. The van der Waals surface area contributed by atoms with Crippen LogP contribution in [0.5, 0.6) is 0 Å². The fourth-order valence-electron chi connectivity index (χ4n) is 0.969. The molecule has 0 nitrogen and oxygen atoms in total. The molecule has 0 aliphatic heterocycles. The van der Waals surface area contributed by atoms with Gasteiger partial charge in [-0.3, -0.25) is 0 Å². The van der Waals surface area contributed by atoms with E-state index in [9.17, 15) is 0 Å². The molecular weight excluding hydrogens is 163 g/mol. The summed E-state index contributed by atoms with van der Waals surface area (Å²) < 4.78 is 1.47. The summed E-state index contributed by atoms with van der Waals surface area (Å²) in [5.74, 6) is 1.57. The van der Waals surface area contributed by atoms with E-state index >= 15 is 0 Å². The van der Waals surface area contributed by atoms with E-state index < -0.39 is 0 Å². The Hall–Kier alpha value is 0.389. The van der Waals surface area contributed by atoms with Gasteiger partial charge in [-0.2, -0.15) is 0 Å². The molecule has 0 bridgehead atoms. The molecule has 0 aromatic rings. The van der Waals surface area contributed by atoms with Gasteiger partial charge in [-0.05, 0) is 0 Å². The van der Waals surface area contributed by atoms with Crippen LogP contribution in [-0.4, -0.2) is 4.42 Å².